The molecule has 0 amide bonds. The third kappa shape index (κ3) is 2.53. The Morgan fingerprint density at radius 2 is 2.30 bits per heavy atom. The predicted octanol–water partition coefficient (Wildman–Crippen LogP) is 2.94. The van der Waals surface area contributed by atoms with Crippen molar-refractivity contribution in [3.63, 3.8) is 0 Å². The quantitative estimate of drug-likeness (QED) is 0.574. The molecular formula is C13H11N3O3S. The lowest BCUT2D eigenvalue weighted by molar-refractivity contribution is 0.101. The standard InChI is InChI=1S/C13H11N3O3S/c1-8-9(4-6-18-8)12-15-16-13(19-12)20-7-11(17)10-3-2-5-14-10/h2-6,14H,7H2,1H3. The minimum Gasteiger partial charge on any atom is -0.469 e. The molecule has 1 N–H and O–H groups in total. The molecule has 3 heterocycles. The lowest BCUT2D eigenvalue weighted by Crippen LogP contribution is -2.02. The Kier molecular flexibility index (Phi) is 3.42. The van der Waals surface area contributed by atoms with Gasteiger partial charge in [0.25, 0.3) is 11.1 Å². The zero-order valence-electron chi connectivity index (χ0n) is 10.6. The highest BCUT2D eigenvalue weighted by atomic mass is 32.2. The van der Waals surface area contributed by atoms with Crippen LogP contribution in [0.2, 0.25) is 0 Å². The number of furan rings is 1. The molecule has 0 spiro atoms. The highest BCUT2D eigenvalue weighted by molar-refractivity contribution is 7.99. The van der Waals surface area contributed by atoms with Crippen LogP contribution in [-0.4, -0.2) is 26.7 Å². The number of carbonyl (C=O) groups excluding carboxylic acids is 1. The largest absolute Gasteiger partial charge is 0.469 e. The van der Waals surface area contributed by atoms with Gasteiger partial charge in [0.15, 0.2) is 5.78 Å². The van der Waals surface area contributed by atoms with Crippen LogP contribution in [-0.2, 0) is 0 Å². The molecule has 0 saturated carbocycles. The van der Waals surface area contributed by atoms with E-state index < -0.39 is 0 Å². The molecule has 102 valence electrons. The van der Waals surface area contributed by atoms with Crippen molar-refractivity contribution in [3.05, 3.63) is 42.1 Å². The number of rotatable bonds is 5. The van der Waals surface area contributed by atoms with E-state index in [1.165, 1.54) is 11.8 Å². The molecule has 6 nitrogen and oxygen atoms in total. The van der Waals surface area contributed by atoms with Crippen LogP contribution >= 0.6 is 11.8 Å². The maximum atomic E-state index is 11.8. The van der Waals surface area contributed by atoms with Crippen molar-refractivity contribution in [2.24, 2.45) is 0 Å². The van der Waals surface area contributed by atoms with Gasteiger partial charge in [0.05, 0.1) is 23.3 Å². The Hall–Kier alpha value is -2.28. The first-order valence-corrected chi connectivity index (χ1v) is 6.90. The molecule has 0 radical (unpaired) electrons. The van der Waals surface area contributed by atoms with E-state index in [0.717, 1.165) is 5.56 Å². The number of H-pyrrole nitrogens is 1. The summed E-state index contributed by atoms with van der Waals surface area (Å²) in [7, 11) is 0. The summed E-state index contributed by atoms with van der Waals surface area (Å²) < 4.78 is 10.7. The summed E-state index contributed by atoms with van der Waals surface area (Å²) in [4.78, 5) is 14.7. The van der Waals surface area contributed by atoms with Crippen LogP contribution in [0.5, 0.6) is 0 Å². The number of carbonyl (C=O) groups is 1. The molecule has 0 saturated heterocycles. The summed E-state index contributed by atoms with van der Waals surface area (Å²) in [5.41, 5.74) is 1.34. The van der Waals surface area contributed by atoms with Crippen molar-refractivity contribution in [2.45, 2.75) is 12.1 Å². The van der Waals surface area contributed by atoms with Gasteiger partial charge in [-0.3, -0.25) is 4.79 Å². The number of aryl methyl sites for hydroxylation is 1. The second kappa shape index (κ2) is 5.38. The molecule has 0 aliphatic heterocycles. The Morgan fingerprint density at radius 1 is 1.40 bits per heavy atom. The Labute approximate surface area is 118 Å². The van der Waals surface area contributed by atoms with Gasteiger partial charge >= 0.3 is 0 Å². The van der Waals surface area contributed by atoms with Crippen molar-refractivity contribution in [1.29, 1.82) is 0 Å². The molecule has 0 unspecified atom stereocenters. The second-order valence-electron chi connectivity index (χ2n) is 4.06. The van der Waals surface area contributed by atoms with E-state index in [-0.39, 0.29) is 11.5 Å². The van der Waals surface area contributed by atoms with Crippen molar-refractivity contribution in [3.8, 4) is 11.5 Å². The maximum Gasteiger partial charge on any atom is 0.277 e. The lowest BCUT2D eigenvalue weighted by Gasteiger charge is -1.94. The number of thioether (sulfide) groups is 1. The average molecular weight is 289 g/mol. The highest BCUT2D eigenvalue weighted by Crippen LogP contribution is 2.26. The van der Waals surface area contributed by atoms with Crippen LogP contribution in [0.3, 0.4) is 0 Å². The molecule has 3 aromatic rings. The molecular weight excluding hydrogens is 278 g/mol. The number of nitrogens with one attached hydrogen (secondary N) is 1. The van der Waals surface area contributed by atoms with Crippen LogP contribution in [0, 0.1) is 6.92 Å². The molecule has 0 aliphatic carbocycles. The first kappa shape index (κ1) is 12.7. The van der Waals surface area contributed by atoms with Crippen molar-refractivity contribution >= 4 is 17.5 Å². The van der Waals surface area contributed by atoms with Crippen molar-refractivity contribution < 1.29 is 13.6 Å². The van der Waals surface area contributed by atoms with E-state index in [9.17, 15) is 4.79 Å². The number of Topliss-reactive ketones (excluding diaryl/α,β-unsaturated/α-hetero) is 1. The van der Waals surface area contributed by atoms with Crippen LogP contribution in [0.4, 0.5) is 0 Å². The minimum atomic E-state index is -0.0146. The van der Waals surface area contributed by atoms with E-state index >= 15 is 0 Å². The van der Waals surface area contributed by atoms with Crippen molar-refractivity contribution in [2.75, 3.05) is 5.75 Å². The molecule has 0 fully saturated rings. The number of ketones is 1. The number of hydrogen-bond acceptors (Lipinski definition) is 6. The zero-order valence-corrected chi connectivity index (χ0v) is 11.4. The van der Waals surface area contributed by atoms with Gasteiger partial charge in [0.2, 0.25) is 0 Å². The monoisotopic (exact) mass is 289 g/mol. The van der Waals surface area contributed by atoms with Crippen LogP contribution in [0.25, 0.3) is 11.5 Å². The molecule has 0 aliphatic rings. The van der Waals surface area contributed by atoms with Gasteiger partial charge in [-0.25, -0.2) is 0 Å². The highest BCUT2D eigenvalue weighted by Gasteiger charge is 2.15. The molecule has 3 aromatic heterocycles. The first-order chi connectivity index (χ1) is 9.74. The predicted molar refractivity (Wildman–Crippen MR) is 72.6 cm³/mol. The number of aromatic amines is 1. The summed E-state index contributed by atoms with van der Waals surface area (Å²) >= 11 is 1.21. The number of nitrogens with zero attached hydrogens (tertiary/aromatic N) is 2. The fourth-order valence-electron chi connectivity index (χ4n) is 1.69. The summed E-state index contributed by atoms with van der Waals surface area (Å²) in [6.45, 7) is 1.82. The van der Waals surface area contributed by atoms with E-state index in [1.54, 1.807) is 30.7 Å². The number of hydrogen-bond donors (Lipinski definition) is 1. The Balaban J connectivity index is 1.66. The topological polar surface area (TPSA) is 84.9 Å². The smallest absolute Gasteiger partial charge is 0.277 e. The minimum absolute atomic E-state index is 0.0146. The van der Waals surface area contributed by atoms with E-state index in [1.807, 2.05) is 6.92 Å². The molecule has 7 heteroatoms. The first-order valence-electron chi connectivity index (χ1n) is 5.91. The Morgan fingerprint density at radius 3 is 3.00 bits per heavy atom. The van der Waals surface area contributed by atoms with Gasteiger partial charge in [-0.05, 0) is 25.1 Å². The maximum absolute atomic E-state index is 11.8. The molecule has 0 atom stereocenters. The fraction of sp³-hybridized carbons (Fsp3) is 0.154. The van der Waals surface area contributed by atoms with Gasteiger partial charge in [-0.2, -0.15) is 0 Å². The molecule has 3 rings (SSSR count). The fourth-order valence-corrected chi connectivity index (χ4v) is 2.34. The van der Waals surface area contributed by atoms with Crippen LogP contribution in [0.1, 0.15) is 16.2 Å². The lowest BCUT2D eigenvalue weighted by atomic mass is 10.3. The summed E-state index contributed by atoms with van der Waals surface area (Å²) in [5, 5.41) is 8.21. The second-order valence-corrected chi connectivity index (χ2v) is 4.99. The van der Waals surface area contributed by atoms with E-state index in [0.29, 0.717) is 22.6 Å². The van der Waals surface area contributed by atoms with Gasteiger partial charge in [-0.1, -0.05) is 11.8 Å². The van der Waals surface area contributed by atoms with Crippen LogP contribution < -0.4 is 0 Å². The third-order valence-corrected chi connectivity index (χ3v) is 3.54. The van der Waals surface area contributed by atoms with Gasteiger partial charge in [0, 0.05) is 6.20 Å². The number of aromatic nitrogens is 3. The average Bonchev–Trinajstić information content (AvgIpc) is 3.17. The molecule has 20 heavy (non-hydrogen) atoms. The normalized spacial score (nSPS) is 10.8. The SMILES string of the molecule is Cc1occc1-c1nnc(SCC(=O)c2ccc[nH]2)o1. The third-order valence-electron chi connectivity index (χ3n) is 2.72. The molecule has 0 bridgehead atoms. The van der Waals surface area contributed by atoms with Crippen LogP contribution in [0.15, 0.2) is 44.7 Å². The van der Waals surface area contributed by atoms with Crippen molar-refractivity contribution in [1.82, 2.24) is 15.2 Å². The van der Waals surface area contributed by atoms with Gasteiger partial charge in [-0.15, -0.1) is 10.2 Å². The summed E-state index contributed by atoms with van der Waals surface area (Å²) in [6, 6.07) is 5.28. The molecule has 0 aromatic carbocycles. The zero-order chi connectivity index (χ0) is 13.9. The van der Waals surface area contributed by atoms with Gasteiger partial charge in [0.1, 0.15) is 5.76 Å². The summed E-state index contributed by atoms with van der Waals surface area (Å²) in [6.07, 6.45) is 3.28. The van der Waals surface area contributed by atoms with E-state index in [2.05, 4.69) is 15.2 Å². The van der Waals surface area contributed by atoms with Gasteiger partial charge < -0.3 is 13.8 Å². The Bertz CT molecular complexity index is 715. The van der Waals surface area contributed by atoms with E-state index in [4.69, 9.17) is 8.83 Å². The summed E-state index contributed by atoms with van der Waals surface area (Å²) in [5.74, 6) is 1.34.